The molecule has 1 heterocycles. The van der Waals surface area contributed by atoms with E-state index in [2.05, 4.69) is 5.32 Å². The van der Waals surface area contributed by atoms with E-state index in [0.29, 0.717) is 29.9 Å². The van der Waals surface area contributed by atoms with Crippen LogP contribution < -0.4 is 9.62 Å². The lowest BCUT2D eigenvalue weighted by atomic mass is 9.86. The number of fused-ring (bicyclic) bond motifs is 1. The van der Waals surface area contributed by atoms with Crippen LogP contribution in [0, 0.1) is 12.8 Å². The second-order valence-electron chi connectivity index (χ2n) is 10.6. The van der Waals surface area contributed by atoms with Gasteiger partial charge in [0.1, 0.15) is 0 Å². The minimum atomic E-state index is -6.02. The summed E-state index contributed by atoms with van der Waals surface area (Å²) in [5.41, 5.74) is -5.28. The highest BCUT2D eigenvalue weighted by Gasteiger charge is 2.71. The first-order chi connectivity index (χ1) is 19.2. The maximum atomic E-state index is 13.8. The maximum absolute atomic E-state index is 13.8. The van der Waals surface area contributed by atoms with Crippen molar-refractivity contribution in [1.29, 1.82) is 0 Å². The molecule has 6 nitrogen and oxygen atoms in total. The largest absolute Gasteiger partial charge is 0.430 e. The predicted molar refractivity (Wildman–Crippen MR) is 140 cm³/mol. The van der Waals surface area contributed by atoms with E-state index in [0.717, 1.165) is 24.5 Å². The van der Waals surface area contributed by atoms with Crippen LogP contribution in [-0.4, -0.2) is 53.4 Å². The Morgan fingerprint density at radius 1 is 1.00 bits per heavy atom. The molecule has 2 atom stereocenters. The van der Waals surface area contributed by atoms with Gasteiger partial charge in [-0.1, -0.05) is 29.8 Å². The van der Waals surface area contributed by atoms with E-state index in [9.17, 15) is 40.5 Å². The smallest absolute Gasteiger partial charge is 0.381 e. The third-order valence-electron chi connectivity index (χ3n) is 7.93. The lowest BCUT2D eigenvalue weighted by Crippen LogP contribution is -2.54. The second kappa shape index (κ2) is 11.9. The van der Waals surface area contributed by atoms with E-state index in [1.54, 1.807) is 31.4 Å². The van der Waals surface area contributed by atoms with Crippen molar-refractivity contribution in [3.8, 4) is 0 Å². The Hall–Kier alpha value is -2.64. The number of carbonyl (C=O) groups is 1. The summed E-state index contributed by atoms with van der Waals surface area (Å²) in [6.07, 6.45) is -8.88. The van der Waals surface area contributed by atoms with Gasteiger partial charge >= 0.3 is 12.4 Å². The Bertz CT molecular complexity index is 1250. The minimum Gasteiger partial charge on any atom is -0.381 e. The first kappa shape index (κ1) is 31.3. The normalized spacial score (nSPS) is 22.7. The minimum absolute atomic E-state index is 0.0516. The summed E-state index contributed by atoms with van der Waals surface area (Å²) in [5.74, 6) is -0.375. The van der Waals surface area contributed by atoms with E-state index < -0.39 is 40.5 Å². The molecule has 0 radical (unpaired) electrons. The number of methoxy groups -OCH3 is 1. The van der Waals surface area contributed by atoms with Crippen molar-refractivity contribution >= 4 is 22.6 Å². The fraction of sp³-hybridized carbons (Fsp3) is 0.536. The Labute approximate surface area is 236 Å². The van der Waals surface area contributed by atoms with E-state index in [1.807, 2.05) is 6.92 Å². The first-order valence-corrected chi connectivity index (χ1v) is 14.4. The van der Waals surface area contributed by atoms with Gasteiger partial charge < -0.3 is 15.2 Å². The van der Waals surface area contributed by atoms with Crippen molar-refractivity contribution < 1.29 is 45.2 Å². The zero-order valence-electron chi connectivity index (χ0n) is 22.5. The molecule has 2 aromatic carbocycles. The highest BCUT2D eigenvalue weighted by atomic mass is 32.2. The molecule has 0 spiro atoms. The van der Waals surface area contributed by atoms with Gasteiger partial charge in [0.2, 0.25) is 5.91 Å². The van der Waals surface area contributed by atoms with E-state index >= 15 is 0 Å². The molecule has 13 heteroatoms. The van der Waals surface area contributed by atoms with E-state index in [4.69, 9.17) is 4.74 Å². The quantitative estimate of drug-likeness (QED) is 0.410. The van der Waals surface area contributed by atoms with Gasteiger partial charge in [-0.05, 0) is 69.2 Å². The number of carbonyl (C=O) groups excluding carboxylic acids is 1. The van der Waals surface area contributed by atoms with Crippen molar-refractivity contribution in [2.24, 2.45) is 5.92 Å². The number of hydrogen-bond donors (Lipinski definition) is 2. The predicted octanol–water partition coefficient (Wildman–Crippen LogP) is 5.47. The summed E-state index contributed by atoms with van der Waals surface area (Å²) >= 11 is 0. The Balaban J connectivity index is 1.65. The molecule has 1 amide bonds. The molecule has 0 saturated heterocycles. The van der Waals surface area contributed by atoms with Crippen LogP contribution in [0.4, 0.5) is 32.0 Å². The lowest BCUT2D eigenvalue weighted by Gasteiger charge is -2.39. The number of aliphatic hydroxyl groups is 1. The molecular formula is C28H32F6N2O4S. The highest BCUT2D eigenvalue weighted by Crippen LogP contribution is 2.51. The molecular weight excluding hydrogens is 574 g/mol. The van der Waals surface area contributed by atoms with Crippen molar-refractivity contribution in [3.63, 3.8) is 0 Å². The van der Waals surface area contributed by atoms with Crippen molar-refractivity contribution in [2.45, 2.75) is 80.4 Å². The first-order valence-electron chi connectivity index (χ1n) is 13.2. The number of ether oxygens (including phenoxy) is 1. The molecule has 0 aromatic heterocycles. The number of halogens is 6. The molecule has 0 bridgehead atoms. The summed E-state index contributed by atoms with van der Waals surface area (Å²) in [4.78, 5) is 13.3. The zero-order chi connectivity index (χ0) is 30.2. The third kappa shape index (κ3) is 6.26. The van der Waals surface area contributed by atoms with Crippen LogP contribution in [0.25, 0.3) is 0 Å². The molecule has 1 aliphatic heterocycles. The van der Waals surface area contributed by atoms with Gasteiger partial charge in [0.25, 0.3) is 5.60 Å². The van der Waals surface area contributed by atoms with Gasteiger partial charge in [-0.15, -0.1) is 0 Å². The number of hydrogen-bond acceptors (Lipinski definition) is 4. The van der Waals surface area contributed by atoms with Gasteiger partial charge in [0.15, 0.2) is 11.0 Å². The SMILES string of the molecule is COC1CCC(C(=O)NC[C@@H]2CCc3cc(C(O)(C(F)(F)F)C(F)(F)F)ccc3N2S(=O)c2ccc(C)cc2)CC1. The Morgan fingerprint density at radius 3 is 2.17 bits per heavy atom. The third-order valence-corrected chi connectivity index (χ3v) is 9.45. The topological polar surface area (TPSA) is 78.9 Å². The summed E-state index contributed by atoms with van der Waals surface area (Å²) in [7, 11) is -0.269. The monoisotopic (exact) mass is 606 g/mol. The van der Waals surface area contributed by atoms with Crippen molar-refractivity contribution in [1.82, 2.24) is 5.32 Å². The summed E-state index contributed by atoms with van der Waals surface area (Å²) in [6.45, 7) is 1.92. The molecule has 1 saturated carbocycles. The van der Waals surface area contributed by atoms with Crippen LogP contribution in [0.15, 0.2) is 47.4 Å². The van der Waals surface area contributed by atoms with Crippen molar-refractivity contribution in [3.05, 3.63) is 59.2 Å². The van der Waals surface area contributed by atoms with Gasteiger partial charge in [-0.25, -0.2) is 4.21 Å². The van der Waals surface area contributed by atoms with Crippen molar-refractivity contribution in [2.75, 3.05) is 18.0 Å². The summed E-state index contributed by atoms with van der Waals surface area (Å²) < 4.78 is 102. The average molecular weight is 607 g/mol. The molecule has 4 rings (SSSR count). The van der Waals surface area contributed by atoms with E-state index in [-0.39, 0.29) is 48.6 Å². The second-order valence-corrected chi connectivity index (χ2v) is 11.9. The maximum Gasteiger partial charge on any atom is 0.430 e. The van der Waals surface area contributed by atoms with Crippen LogP contribution in [0.2, 0.25) is 0 Å². The van der Waals surface area contributed by atoms with Crippen LogP contribution in [0.3, 0.4) is 0 Å². The summed E-state index contributed by atoms with van der Waals surface area (Å²) in [6, 6.07) is 8.45. The Morgan fingerprint density at radius 2 is 1.61 bits per heavy atom. The van der Waals surface area contributed by atoms with Gasteiger partial charge in [-0.2, -0.15) is 26.3 Å². The van der Waals surface area contributed by atoms with Crippen LogP contribution in [0.5, 0.6) is 0 Å². The number of nitrogens with one attached hydrogen (secondary N) is 1. The number of anilines is 1. The lowest BCUT2D eigenvalue weighted by molar-refractivity contribution is -0.376. The number of alkyl halides is 6. The fourth-order valence-electron chi connectivity index (χ4n) is 5.45. The van der Waals surface area contributed by atoms with E-state index in [1.165, 1.54) is 4.31 Å². The van der Waals surface area contributed by atoms with Crippen LogP contribution >= 0.6 is 0 Å². The standard InChI is InChI=1S/C28H32F6N2O4S/c1-17-3-12-23(13-4-17)41(39)36-21(16-35-25(37)18-6-10-22(40-2)11-7-18)9-5-19-15-20(8-14-24(19)36)26(38,27(29,30)31)28(32,33)34/h3-4,8,12-15,18,21-22,38H,5-7,9-11,16H2,1-2H3,(H,35,37)/t18?,21-,22?,41?/m0/s1. The zero-order valence-corrected chi connectivity index (χ0v) is 23.3. The van der Waals surface area contributed by atoms with Crippen LogP contribution in [-0.2, 0) is 32.5 Å². The number of aryl methyl sites for hydroxylation is 2. The number of benzene rings is 2. The van der Waals surface area contributed by atoms with Gasteiger partial charge in [-0.3, -0.25) is 9.10 Å². The molecule has 2 aromatic rings. The summed E-state index contributed by atoms with van der Waals surface area (Å²) in [5, 5.41) is 12.8. The average Bonchev–Trinajstić information content (AvgIpc) is 2.93. The molecule has 2 aliphatic rings. The van der Waals surface area contributed by atoms with Gasteiger partial charge in [0.05, 0.1) is 22.7 Å². The highest BCUT2D eigenvalue weighted by molar-refractivity contribution is 7.86. The van der Waals surface area contributed by atoms with Gasteiger partial charge in [0, 0.05) is 25.1 Å². The molecule has 2 N–H and O–H groups in total. The van der Waals surface area contributed by atoms with Crippen LogP contribution in [0.1, 0.15) is 48.8 Å². The number of nitrogens with zero attached hydrogens (tertiary/aromatic N) is 1. The number of amides is 1. The molecule has 41 heavy (non-hydrogen) atoms. The molecule has 1 unspecified atom stereocenters. The molecule has 226 valence electrons. The molecule has 1 fully saturated rings. The number of rotatable bonds is 7. The molecule has 1 aliphatic carbocycles. The fourth-order valence-corrected chi connectivity index (χ4v) is 6.85. The Kier molecular flexibility index (Phi) is 9.10.